The van der Waals surface area contributed by atoms with E-state index >= 15 is 0 Å². The first-order chi connectivity index (χ1) is 12.3. The second kappa shape index (κ2) is 6.57. The number of aromatic nitrogens is 2. The third kappa shape index (κ3) is 3.02. The van der Waals surface area contributed by atoms with Crippen LogP contribution in [-0.4, -0.2) is 20.2 Å². The van der Waals surface area contributed by atoms with Gasteiger partial charge in [-0.25, -0.2) is 4.79 Å². The van der Waals surface area contributed by atoms with Gasteiger partial charge < -0.3 is 14.6 Å². The van der Waals surface area contributed by atoms with Gasteiger partial charge in [-0.15, -0.1) is 0 Å². The fraction of sp³-hybridized carbons (Fsp3) is 0.118. The molecule has 0 amide bonds. The molecule has 1 aromatic carbocycles. The number of aromatic amines is 2. The van der Waals surface area contributed by atoms with Crippen LogP contribution in [0.1, 0.15) is 28.6 Å². The van der Waals surface area contributed by atoms with Crippen LogP contribution >= 0.6 is 11.6 Å². The summed E-state index contributed by atoms with van der Waals surface area (Å²) in [5.74, 6) is -2.80. The Morgan fingerprint density at radius 2 is 1.81 bits per heavy atom. The van der Waals surface area contributed by atoms with E-state index in [0.717, 1.165) is 6.07 Å². The molecule has 8 nitrogen and oxygen atoms in total. The molecule has 26 heavy (non-hydrogen) atoms. The lowest BCUT2D eigenvalue weighted by molar-refractivity contribution is 0.378. The van der Waals surface area contributed by atoms with E-state index in [0.29, 0.717) is 0 Å². The first-order valence-electron chi connectivity index (χ1n) is 7.43. The molecule has 2 heterocycles. The molecule has 0 aliphatic carbocycles. The van der Waals surface area contributed by atoms with E-state index < -0.39 is 34.2 Å². The molecule has 1 unspecified atom stereocenters. The third-order valence-electron chi connectivity index (χ3n) is 3.80. The lowest BCUT2D eigenvalue weighted by Gasteiger charge is -2.19. The maximum atomic E-state index is 12.4. The monoisotopic (exact) mass is 376 g/mol. The molecule has 2 aromatic heterocycles. The lowest BCUT2D eigenvalue weighted by Crippen LogP contribution is -2.28. The van der Waals surface area contributed by atoms with Gasteiger partial charge in [0.15, 0.2) is 5.76 Å². The van der Waals surface area contributed by atoms with E-state index in [9.17, 15) is 24.6 Å². The summed E-state index contributed by atoms with van der Waals surface area (Å²) in [4.78, 5) is 39.8. The van der Waals surface area contributed by atoms with Crippen LogP contribution < -0.4 is 16.7 Å². The molecule has 0 fully saturated rings. The highest BCUT2D eigenvalue weighted by molar-refractivity contribution is 6.31. The van der Waals surface area contributed by atoms with Gasteiger partial charge in [0.1, 0.15) is 5.76 Å². The number of halogens is 1. The van der Waals surface area contributed by atoms with Crippen molar-refractivity contribution >= 4 is 11.6 Å². The standard InChI is InChI=1S/C17H13ClN2O6/c1-7-6-10(21)13(22)14(26-7)11(8-4-2-3-5-9(8)18)12-15(23)19-17(25)20-16(12)24/h2-6,11,22H,1H3,(H3,19,20,23,24,25). The predicted molar refractivity (Wildman–Crippen MR) is 93.1 cm³/mol. The van der Waals surface area contributed by atoms with Crippen molar-refractivity contribution in [2.75, 3.05) is 0 Å². The first-order valence-corrected chi connectivity index (χ1v) is 7.81. The third-order valence-corrected chi connectivity index (χ3v) is 4.14. The van der Waals surface area contributed by atoms with Crippen LogP contribution in [0.5, 0.6) is 11.6 Å². The highest BCUT2D eigenvalue weighted by Crippen LogP contribution is 2.39. The molecule has 0 radical (unpaired) electrons. The Kier molecular flexibility index (Phi) is 4.43. The normalized spacial score (nSPS) is 12.1. The predicted octanol–water partition coefficient (Wildman–Crippen LogP) is 1.57. The Labute approximate surface area is 150 Å². The number of aromatic hydroxyl groups is 2. The molecule has 0 aliphatic heterocycles. The van der Waals surface area contributed by atoms with Gasteiger partial charge in [-0.2, -0.15) is 0 Å². The van der Waals surface area contributed by atoms with Crippen molar-refractivity contribution in [2.24, 2.45) is 0 Å². The van der Waals surface area contributed by atoms with Crippen LogP contribution in [0.25, 0.3) is 0 Å². The zero-order valence-corrected chi connectivity index (χ0v) is 14.1. The summed E-state index contributed by atoms with van der Waals surface area (Å²) in [6.45, 7) is 1.49. The quantitative estimate of drug-likeness (QED) is 0.547. The van der Waals surface area contributed by atoms with Crippen molar-refractivity contribution in [2.45, 2.75) is 12.8 Å². The zero-order chi connectivity index (χ0) is 19.0. The highest BCUT2D eigenvalue weighted by Gasteiger charge is 2.31. The van der Waals surface area contributed by atoms with E-state index in [4.69, 9.17) is 16.0 Å². The Bertz CT molecular complexity index is 1160. The van der Waals surface area contributed by atoms with Gasteiger partial charge in [0, 0.05) is 11.1 Å². The Morgan fingerprint density at radius 3 is 2.46 bits per heavy atom. The van der Waals surface area contributed by atoms with Crippen molar-refractivity contribution in [3.8, 4) is 11.6 Å². The van der Waals surface area contributed by atoms with Gasteiger partial charge in [-0.05, 0) is 18.6 Å². The molecule has 0 saturated carbocycles. The largest absolute Gasteiger partial charge is 0.502 e. The summed E-state index contributed by atoms with van der Waals surface area (Å²) in [7, 11) is 0. The number of hydrogen-bond donors (Lipinski definition) is 4. The van der Waals surface area contributed by atoms with Crippen molar-refractivity contribution < 1.29 is 14.6 Å². The minimum absolute atomic E-state index is 0.181. The zero-order valence-electron chi connectivity index (χ0n) is 13.4. The molecular weight excluding hydrogens is 364 g/mol. The summed E-state index contributed by atoms with van der Waals surface area (Å²) < 4.78 is 5.49. The van der Waals surface area contributed by atoms with Gasteiger partial charge in [-0.1, -0.05) is 29.8 Å². The maximum Gasteiger partial charge on any atom is 0.328 e. The first kappa shape index (κ1) is 17.6. The fourth-order valence-electron chi connectivity index (χ4n) is 2.71. The van der Waals surface area contributed by atoms with E-state index in [1.807, 2.05) is 4.98 Å². The summed E-state index contributed by atoms with van der Waals surface area (Å²) >= 11 is 6.22. The molecule has 0 saturated heterocycles. The van der Waals surface area contributed by atoms with E-state index in [1.165, 1.54) is 13.0 Å². The topological polar surface area (TPSA) is 136 Å². The average Bonchev–Trinajstić information content (AvgIpc) is 2.55. The average molecular weight is 377 g/mol. The molecule has 9 heteroatoms. The molecule has 0 aliphatic rings. The van der Waals surface area contributed by atoms with Gasteiger partial charge in [0.25, 0.3) is 5.56 Å². The van der Waals surface area contributed by atoms with Gasteiger partial charge in [0.05, 0.1) is 11.5 Å². The van der Waals surface area contributed by atoms with Crippen molar-refractivity contribution in [3.63, 3.8) is 0 Å². The number of rotatable bonds is 3. The molecule has 0 spiro atoms. The maximum absolute atomic E-state index is 12.4. The van der Waals surface area contributed by atoms with E-state index in [1.54, 1.807) is 18.2 Å². The summed E-state index contributed by atoms with van der Waals surface area (Å²) in [5, 5.41) is 20.6. The molecule has 1 atom stereocenters. The van der Waals surface area contributed by atoms with Gasteiger partial charge in [-0.3, -0.25) is 19.6 Å². The minimum Gasteiger partial charge on any atom is -0.502 e. The highest BCUT2D eigenvalue weighted by atomic mass is 35.5. The molecular formula is C17H13ClN2O6. The van der Waals surface area contributed by atoms with E-state index in [2.05, 4.69) is 4.98 Å². The smallest absolute Gasteiger partial charge is 0.328 e. The number of aryl methyl sites for hydroxylation is 1. The molecule has 4 N–H and O–H groups in total. The summed E-state index contributed by atoms with van der Waals surface area (Å²) in [6.07, 6.45) is 0. The summed E-state index contributed by atoms with van der Waals surface area (Å²) in [6, 6.07) is 7.42. The van der Waals surface area contributed by atoms with Gasteiger partial charge >= 0.3 is 5.69 Å². The van der Waals surface area contributed by atoms with Crippen molar-refractivity contribution in [3.05, 3.63) is 89.1 Å². The Morgan fingerprint density at radius 1 is 1.12 bits per heavy atom. The van der Waals surface area contributed by atoms with Crippen LogP contribution in [0, 0.1) is 6.92 Å². The van der Waals surface area contributed by atoms with Crippen LogP contribution in [0.4, 0.5) is 0 Å². The fourth-order valence-corrected chi connectivity index (χ4v) is 2.96. The molecule has 134 valence electrons. The van der Waals surface area contributed by atoms with Crippen molar-refractivity contribution in [1.29, 1.82) is 0 Å². The summed E-state index contributed by atoms with van der Waals surface area (Å²) in [5.41, 5.74) is -2.60. The number of hydrogen-bond acceptors (Lipinski definition) is 6. The van der Waals surface area contributed by atoms with Crippen molar-refractivity contribution in [1.82, 2.24) is 9.97 Å². The minimum atomic E-state index is -1.24. The Balaban J connectivity index is 2.44. The number of benzene rings is 1. The van der Waals surface area contributed by atoms with Crippen LogP contribution in [0.2, 0.25) is 5.02 Å². The van der Waals surface area contributed by atoms with Crippen LogP contribution in [0.3, 0.4) is 0 Å². The SMILES string of the molecule is Cc1cc(=O)c(O)c(C(c2ccccc2Cl)c2c(O)[nH]c(=O)[nH]c2=O)o1. The second-order valence-corrected chi connectivity index (χ2v) is 5.97. The number of nitrogens with one attached hydrogen (secondary N) is 2. The molecule has 3 rings (SSSR count). The molecule has 0 bridgehead atoms. The second-order valence-electron chi connectivity index (χ2n) is 5.56. The molecule has 3 aromatic rings. The van der Waals surface area contributed by atoms with E-state index in [-0.39, 0.29) is 27.7 Å². The number of H-pyrrole nitrogens is 2. The van der Waals surface area contributed by atoms with Gasteiger partial charge in [0.2, 0.25) is 17.1 Å². The van der Waals surface area contributed by atoms with Crippen LogP contribution in [-0.2, 0) is 0 Å². The Hall–Kier alpha value is -3.26. The van der Waals surface area contributed by atoms with Crippen LogP contribution in [0.15, 0.2) is 49.1 Å². The lowest BCUT2D eigenvalue weighted by atomic mass is 9.89.